The van der Waals surface area contributed by atoms with Crippen LogP contribution in [0.15, 0.2) is 23.1 Å². The predicted molar refractivity (Wildman–Crippen MR) is 59.0 cm³/mol. The number of rotatable bonds is 0. The molecule has 0 saturated heterocycles. The SMILES string of the molecule is CC1C=c2ccc3c(c2S1)C=CC=3.[Cl-].[Cl-].[Ti+2]. The fourth-order valence-electron chi connectivity index (χ4n) is 1.93. The summed E-state index contributed by atoms with van der Waals surface area (Å²) in [7, 11) is 0. The average molecular weight is 305 g/mol. The van der Waals surface area contributed by atoms with Gasteiger partial charge in [0, 0.05) is 10.1 Å². The van der Waals surface area contributed by atoms with E-state index in [1.807, 2.05) is 11.8 Å². The fourth-order valence-corrected chi connectivity index (χ4v) is 3.10. The zero-order valence-corrected chi connectivity index (χ0v) is 12.6. The van der Waals surface area contributed by atoms with Gasteiger partial charge in [-0.3, -0.25) is 0 Å². The molecule has 0 bridgehead atoms. The van der Waals surface area contributed by atoms with Crippen molar-refractivity contribution in [1.29, 1.82) is 0 Å². The van der Waals surface area contributed by atoms with Gasteiger partial charge in [0.05, 0.1) is 0 Å². The molecule has 2 aliphatic rings. The number of allylic oxidation sites excluding steroid dienone is 1. The first-order valence-electron chi connectivity index (χ1n) is 4.54. The van der Waals surface area contributed by atoms with Gasteiger partial charge >= 0.3 is 21.7 Å². The third-order valence-corrected chi connectivity index (χ3v) is 3.72. The normalized spacial score (nSPS) is 17.9. The van der Waals surface area contributed by atoms with Crippen molar-refractivity contribution in [3.05, 3.63) is 34.2 Å². The molecular weight excluding hydrogens is 295 g/mol. The zero-order chi connectivity index (χ0) is 8.84. The molecule has 82 valence electrons. The van der Waals surface area contributed by atoms with Crippen LogP contribution in [0.25, 0.3) is 18.2 Å². The summed E-state index contributed by atoms with van der Waals surface area (Å²) in [6, 6.07) is 4.44. The first-order chi connectivity index (χ1) is 6.34. The van der Waals surface area contributed by atoms with Gasteiger partial charge in [-0.2, -0.15) is 0 Å². The monoisotopic (exact) mass is 304 g/mol. The van der Waals surface area contributed by atoms with Crippen LogP contribution in [-0.2, 0) is 21.7 Å². The molecule has 0 radical (unpaired) electrons. The first-order valence-corrected chi connectivity index (χ1v) is 5.42. The van der Waals surface area contributed by atoms with Gasteiger partial charge in [0.15, 0.2) is 0 Å². The van der Waals surface area contributed by atoms with Crippen LogP contribution in [0.1, 0.15) is 12.5 Å². The smallest absolute Gasteiger partial charge is 1.00 e. The molecule has 1 aliphatic carbocycles. The van der Waals surface area contributed by atoms with Gasteiger partial charge < -0.3 is 24.8 Å². The Balaban J connectivity index is 0.000000750. The maximum atomic E-state index is 2.34. The van der Waals surface area contributed by atoms with Crippen molar-refractivity contribution in [1.82, 2.24) is 0 Å². The van der Waals surface area contributed by atoms with Crippen LogP contribution in [0.4, 0.5) is 0 Å². The van der Waals surface area contributed by atoms with Crippen LogP contribution >= 0.6 is 11.8 Å². The molecule has 1 unspecified atom stereocenters. The predicted octanol–water partition coefficient (Wildman–Crippen LogP) is -4.23. The summed E-state index contributed by atoms with van der Waals surface area (Å²) in [5.74, 6) is 0. The minimum absolute atomic E-state index is 0. The summed E-state index contributed by atoms with van der Waals surface area (Å²) in [5, 5.41) is 3.42. The number of hydrogen-bond acceptors (Lipinski definition) is 1. The molecular formula is C12H10Cl2STi. The Labute approximate surface area is 127 Å². The molecule has 1 aromatic carbocycles. The number of halogens is 2. The van der Waals surface area contributed by atoms with Gasteiger partial charge in [-0.05, 0) is 22.9 Å². The number of fused-ring (bicyclic) bond motifs is 3. The largest absolute Gasteiger partial charge is 2.00 e. The molecule has 0 nitrogen and oxygen atoms in total. The molecule has 0 amide bonds. The molecule has 1 aromatic rings. The van der Waals surface area contributed by atoms with E-state index in [0.29, 0.717) is 5.25 Å². The summed E-state index contributed by atoms with van der Waals surface area (Å²) >= 11 is 1.97. The number of hydrogen-bond donors (Lipinski definition) is 0. The topological polar surface area (TPSA) is 0 Å². The summed E-state index contributed by atoms with van der Waals surface area (Å²) in [6.45, 7) is 2.25. The second-order valence-corrected chi connectivity index (χ2v) is 4.89. The molecule has 0 aromatic heterocycles. The molecule has 1 heterocycles. The van der Waals surface area contributed by atoms with Crippen molar-refractivity contribution >= 4 is 30.0 Å². The van der Waals surface area contributed by atoms with Crippen molar-refractivity contribution < 1.29 is 46.5 Å². The summed E-state index contributed by atoms with van der Waals surface area (Å²) in [5.41, 5.74) is 1.42. The first kappa shape index (κ1) is 16.3. The van der Waals surface area contributed by atoms with E-state index in [9.17, 15) is 0 Å². The van der Waals surface area contributed by atoms with Crippen LogP contribution < -0.4 is 35.3 Å². The second kappa shape index (κ2) is 6.32. The van der Waals surface area contributed by atoms with Crippen molar-refractivity contribution in [2.75, 3.05) is 0 Å². The van der Waals surface area contributed by atoms with Crippen molar-refractivity contribution in [3.8, 4) is 0 Å². The van der Waals surface area contributed by atoms with Crippen LogP contribution in [0.3, 0.4) is 0 Å². The van der Waals surface area contributed by atoms with E-state index in [4.69, 9.17) is 0 Å². The van der Waals surface area contributed by atoms with Crippen molar-refractivity contribution in [2.24, 2.45) is 0 Å². The summed E-state index contributed by atoms with van der Waals surface area (Å²) in [4.78, 5) is 1.47. The van der Waals surface area contributed by atoms with Crippen LogP contribution in [0, 0.1) is 0 Å². The van der Waals surface area contributed by atoms with E-state index in [1.165, 1.54) is 20.9 Å². The van der Waals surface area contributed by atoms with E-state index in [2.05, 4.69) is 43.4 Å². The molecule has 1 atom stereocenters. The molecule has 0 fully saturated rings. The minimum Gasteiger partial charge on any atom is -1.00 e. The summed E-state index contributed by atoms with van der Waals surface area (Å²) in [6.07, 6.45) is 8.87. The Morgan fingerprint density at radius 2 is 1.81 bits per heavy atom. The van der Waals surface area contributed by atoms with E-state index in [0.717, 1.165) is 0 Å². The number of benzene rings is 1. The zero-order valence-electron chi connectivity index (χ0n) is 8.71. The molecule has 4 heteroatoms. The van der Waals surface area contributed by atoms with Gasteiger partial charge in [0.25, 0.3) is 0 Å². The van der Waals surface area contributed by atoms with E-state index in [-0.39, 0.29) is 46.5 Å². The van der Waals surface area contributed by atoms with Gasteiger partial charge in [-0.1, -0.05) is 36.4 Å². The van der Waals surface area contributed by atoms with Gasteiger partial charge in [0.2, 0.25) is 0 Å². The Morgan fingerprint density at radius 3 is 2.56 bits per heavy atom. The third kappa shape index (κ3) is 2.60. The minimum atomic E-state index is 0. The van der Waals surface area contributed by atoms with Crippen molar-refractivity contribution in [2.45, 2.75) is 17.1 Å². The van der Waals surface area contributed by atoms with E-state index in [1.54, 1.807) is 0 Å². The molecule has 0 saturated carbocycles. The van der Waals surface area contributed by atoms with Gasteiger partial charge in [-0.25, -0.2) is 0 Å². The van der Waals surface area contributed by atoms with Crippen LogP contribution in [0.2, 0.25) is 0 Å². The van der Waals surface area contributed by atoms with Crippen LogP contribution in [-0.4, -0.2) is 5.25 Å². The summed E-state index contributed by atoms with van der Waals surface area (Å²) < 4.78 is 0. The van der Waals surface area contributed by atoms with Gasteiger partial charge in [-0.15, -0.1) is 11.8 Å². The molecule has 0 spiro atoms. The van der Waals surface area contributed by atoms with Crippen LogP contribution in [0.5, 0.6) is 0 Å². The quantitative estimate of drug-likeness (QED) is 0.438. The van der Waals surface area contributed by atoms with E-state index >= 15 is 0 Å². The molecule has 0 N–H and O–H groups in total. The van der Waals surface area contributed by atoms with E-state index < -0.39 is 0 Å². The van der Waals surface area contributed by atoms with Crippen molar-refractivity contribution in [3.63, 3.8) is 0 Å². The Hall–Kier alpha value is 0.344. The standard InChI is InChI=1S/C12H10S.2ClH.Ti/c1-8-7-10-6-5-9-3-2-4-11(9)12(10)13-8;;;/h2-8H,1H3;2*1H;/q;;;+2/p-2. The Morgan fingerprint density at radius 1 is 1.12 bits per heavy atom. The third-order valence-electron chi connectivity index (χ3n) is 2.52. The molecule has 16 heavy (non-hydrogen) atoms. The fraction of sp³-hybridized carbons (Fsp3) is 0.167. The van der Waals surface area contributed by atoms with Gasteiger partial charge in [0.1, 0.15) is 0 Å². The maximum Gasteiger partial charge on any atom is 2.00 e. The Bertz CT molecular complexity index is 523. The number of thioether (sulfide) groups is 1. The second-order valence-electron chi connectivity index (χ2n) is 3.50. The Kier molecular flexibility index (Phi) is 6.46. The average Bonchev–Trinajstić information content (AvgIpc) is 2.65. The molecule has 3 rings (SSSR count). The molecule has 1 aliphatic heterocycles. The maximum absolute atomic E-state index is 2.34.